The highest BCUT2D eigenvalue weighted by Gasteiger charge is 2.50. The van der Waals surface area contributed by atoms with E-state index in [0.29, 0.717) is 17.9 Å². The van der Waals surface area contributed by atoms with Crippen molar-refractivity contribution in [3.8, 4) is 0 Å². The molecule has 3 heteroatoms. The third-order valence-corrected chi connectivity index (χ3v) is 6.96. The van der Waals surface area contributed by atoms with Crippen LogP contribution in [-0.2, 0) is 10.8 Å². The fraction of sp³-hybridized carbons (Fsp3) is 0.294. The molecule has 0 amide bonds. The van der Waals surface area contributed by atoms with Crippen molar-refractivity contribution in [1.82, 2.24) is 0 Å². The number of anilines is 1. The summed E-state index contributed by atoms with van der Waals surface area (Å²) in [4.78, 5) is 0.992. The van der Waals surface area contributed by atoms with Crippen LogP contribution in [-0.4, -0.2) is 15.5 Å². The molecule has 5 atom stereocenters. The topological polar surface area (TPSA) is 29.1 Å². The minimum Gasteiger partial charge on any atom is -0.379 e. The van der Waals surface area contributed by atoms with Gasteiger partial charge in [0.05, 0.1) is 26.6 Å². The van der Waals surface area contributed by atoms with Gasteiger partial charge in [0.2, 0.25) is 0 Å². The summed E-state index contributed by atoms with van der Waals surface area (Å²) in [6.45, 7) is 0. The molecule has 2 bridgehead atoms. The maximum Gasteiger partial charge on any atom is 0.0665 e. The van der Waals surface area contributed by atoms with Gasteiger partial charge < -0.3 is 5.32 Å². The fourth-order valence-corrected chi connectivity index (χ4v) is 6.06. The summed E-state index contributed by atoms with van der Waals surface area (Å²) in [5, 5.41) is 6.40. The molecule has 0 spiro atoms. The molecule has 1 aliphatic heterocycles. The lowest BCUT2D eigenvalue weighted by molar-refractivity contribution is 0.592. The van der Waals surface area contributed by atoms with Crippen LogP contribution in [0.3, 0.4) is 0 Å². The highest BCUT2D eigenvalue weighted by molar-refractivity contribution is 7.86. The van der Waals surface area contributed by atoms with E-state index in [1.807, 2.05) is 6.07 Å². The Kier molecular flexibility index (Phi) is 2.07. The largest absolute Gasteiger partial charge is 0.379 e. The van der Waals surface area contributed by atoms with Crippen molar-refractivity contribution in [2.24, 2.45) is 11.8 Å². The predicted molar refractivity (Wildman–Crippen MR) is 82.3 cm³/mol. The van der Waals surface area contributed by atoms with E-state index in [-0.39, 0.29) is 5.25 Å². The van der Waals surface area contributed by atoms with E-state index in [0.717, 1.165) is 10.6 Å². The molecule has 1 fully saturated rings. The zero-order valence-corrected chi connectivity index (χ0v) is 11.8. The Morgan fingerprint density at radius 3 is 2.85 bits per heavy atom. The van der Waals surface area contributed by atoms with E-state index in [1.54, 1.807) is 0 Å². The molecule has 0 saturated heterocycles. The van der Waals surface area contributed by atoms with Crippen LogP contribution in [0.2, 0.25) is 0 Å². The van der Waals surface area contributed by atoms with Gasteiger partial charge in [0.1, 0.15) is 0 Å². The second-order valence-corrected chi connectivity index (χ2v) is 7.62. The Bertz CT molecular complexity index is 782. The smallest absolute Gasteiger partial charge is 0.0665 e. The maximum absolute atomic E-state index is 13.0. The van der Waals surface area contributed by atoms with Crippen LogP contribution in [0.1, 0.15) is 6.42 Å². The average molecular weight is 281 g/mol. The van der Waals surface area contributed by atoms with E-state index in [1.165, 1.54) is 17.2 Å². The van der Waals surface area contributed by atoms with Gasteiger partial charge in [-0.25, -0.2) is 0 Å². The first-order valence-electron chi connectivity index (χ1n) is 7.20. The van der Waals surface area contributed by atoms with E-state index < -0.39 is 10.8 Å². The van der Waals surface area contributed by atoms with Gasteiger partial charge >= 0.3 is 0 Å². The number of hydrogen-bond acceptors (Lipinski definition) is 2. The lowest BCUT2D eigenvalue weighted by Gasteiger charge is -2.35. The molecule has 2 aromatic rings. The van der Waals surface area contributed by atoms with Crippen molar-refractivity contribution in [2.45, 2.75) is 22.6 Å². The first-order chi connectivity index (χ1) is 9.83. The van der Waals surface area contributed by atoms with Crippen molar-refractivity contribution in [3.05, 3.63) is 48.6 Å². The SMILES string of the molecule is O=S1c2ccc3ccccc3c2N[C@@H]2[C@H]1[C@H]1C=C[C@@H]2C1. The summed E-state index contributed by atoms with van der Waals surface area (Å²) in [5.41, 5.74) is 1.10. The quantitative estimate of drug-likeness (QED) is 0.751. The van der Waals surface area contributed by atoms with Gasteiger partial charge in [0, 0.05) is 11.4 Å². The standard InChI is InChI=1S/C17H15NOS/c19-20-14-8-7-10-3-1-2-4-13(10)16(14)18-15-11-5-6-12(9-11)17(15)20/h1-8,11-12,15,17-18H,9H2/t11-,12+,15+,17-,20?/m1/s1. The number of rotatable bonds is 0. The molecule has 1 unspecified atom stereocenters. The molecule has 2 aromatic carbocycles. The fourth-order valence-electron chi connectivity index (χ4n) is 4.14. The Balaban J connectivity index is 1.76. The lowest BCUT2D eigenvalue weighted by Crippen LogP contribution is -2.43. The third kappa shape index (κ3) is 1.27. The Labute approximate surface area is 120 Å². The molecule has 1 N–H and O–H groups in total. The summed E-state index contributed by atoms with van der Waals surface area (Å²) >= 11 is 0. The van der Waals surface area contributed by atoms with Crippen LogP contribution >= 0.6 is 0 Å². The molecule has 2 nitrogen and oxygen atoms in total. The van der Waals surface area contributed by atoms with Crippen LogP contribution in [0.5, 0.6) is 0 Å². The minimum absolute atomic E-state index is 0.263. The van der Waals surface area contributed by atoms with Crippen molar-refractivity contribution in [2.75, 3.05) is 5.32 Å². The predicted octanol–water partition coefficient (Wildman–Crippen LogP) is 3.32. The molecule has 1 heterocycles. The molecule has 5 rings (SSSR count). The van der Waals surface area contributed by atoms with Crippen LogP contribution in [0, 0.1) is 11.8 Å². The monoisotopic (exact) mass is 281 g/mol. The van der Waals surface area contributed by atoms with E-state index >= 15 is 0 Å². The number of benzene rings is 2. The molecule has 20 heavy (non-hydrogen) atoms. The summed E-state index contributed by atoms with van der Waals surface area (Å²) in [6, 6.07) is 12.8. The number of fused-ring (bicyclic) bond motifs is 8. The van der Waals surface area contributed by atoms with Crippen molar-refractivity contribution in [3.63, 3.8) is 0 Å². The number of hydrogen-bond donors (Lipinski definition) is 1. The molecular weight excluding hydrogens is 266 g/mol. The molecule has 100 valence electrons. The molecule has 0 radical (unpaired) electrons. The number of allylic oxidation sites excluding steroid dienone is 1. The van der Waals surface area contributed by atoms with E-state index in [2.05, 4.69) is 47.8 Å². The summed E-state index contributed by atoms with van der Waals surface area (Å²) in [6.07, 6.45) is 5.75. The lowest BCUT2D eigenvalue weighted by atomic mass is 9.99. The average Bonchev–Trinajstić information content (AvgIpc) is 3.09. The van der Waals surface area contributed by atoms with Crippen LogP contribution < -0.4 is 5.32 Å². The Morgan fingerprint density at radius 1 is 1.05 bits per heavy atom. The van der Waals surface area contributed by atoms with Crippen molar-refractivity contribution in [1.29, 1.82) is 0 Å². The van der Waals surface area contributed by atoms with Gasteiger partial charge in [0.25, 0.3) is 0 Å². The minimum atomic E-state index is -0.890. The zero-order chi connectivity index (χ0) is 13.3. The third-order valence-electron chi connectivity index (χ3n) is 5.05. The highest BCUT2D eigenvalue weighted by Crippen LogP contribution is 2.49. The molecule has 2 aliphatic carbocycles. The molecule has 0 aromatic heterocycles. The highest BCUT2D eigenvalue weighted by atomic mass is 32.2. The maximum atomic E-state index is 13.0. The van der Waals surface area contributed by atoms with Crippen LogP contribution in [0.4, 0.5) is 5.69 Å². The Morgan fingerprint density at radius 2 is 1.90 bits per heavy atom. The van der Waals surface area contributed by atoms with Gasteiger partial charge in [-0.05, 0) is 29.7 Å². The summed E-state index contributed by atoms with van der Waals surface area (Å²) in [5.74, 6) is 1.05. The van der Waals surface area contributed by atoms with Crippen molar-refractivity contribution >= 4 is 27.3 Å². The molecule has 1 saturated carbocycles. The first kappa shape index (κ1) is 11.1. The van der Waals surface area contributed by atoms with Gasteiger partial charge in [-0.2, -0.15) is 0 Å². The normalized spacial score (nSPS) is 36.7. The van der Waals surface area contributed by atoms with E-state index in [9.17, 15) is 4.21 Å². The van der Waals surface area contributed by atoms with Gasteiger partial charge in [0.15, 0.2) is 0 Å². The van der Waals surface area contributed by atoms with Gasteiger partial charge in [-0.1, -0.05) is 42.5 Å². The van der Waals surface area contributed by atoms with Gasteiger partial charge in [-0.15, -0.1) is 0 Å². The van der Waals surface area contributed by atoms with Gasteiger partial charge in [-0.3, -0.25) is 4.21 Å². The second kappa shape index (κ2) is 3.73. The van der Waals surface area contributed by atoms with Crippen LogP contribution in [0.15, 0.2) is 53.4 Å². The summed E-state index contributed by atoms with van der Waals surface area (Å²) in [7, 11) is -0.890. The van der Waals surface area contributed by atoms with Crippen LogP contribution in [0.25, 0.3) is 10.8 Å². The van der Waals surface area contributed by atoms with E-state index in [4.69, 9.17) is 0 Å². The second-order valence-electron chi connectivity index (χ2n) is 6.04. The number of nitrogens with one attached hydrogen (secondary N) is 1. The Hall–Kier alpha value is -1.61. The van der Waals surface area contributed by atoms with Crippen molar-refractivity contribution < 1.29 is 4.21 Å². The molecule has 3 aliphatic rings. The zero-order valence-electron chi connectivity index (χ0n) is 11.0. The molecular formula is C17H15NOS. The first-order valence-corrected chi connectivity index (χ1v) is 8.41. The summed E-state index contributed by atoms with van der Waals surface area (Å²) < 4.78 is 13.0.